The molecule has 1 amide bonds. The molecule has 5 rings (SSSR count). The number of carbonyl (C=O) groups is 1. The number of amides is 1. The fraction of sp³-hybridized carbons (Fsp3) is 0.250. The molecule has 36 heavy (non-hydrogen) atoms. The zero-order valence-corrected chi connectivity index (χ0v) is 20.3. The van der Waals surface area contributed by atoms with Crippen molar-refractivity contribution in [3.63, 3.8) is 0 Å². The molecule has 1 aliphatic carbocycles. The van der Waals surface area contributed by atoms with Crippen molar-refractivity contribution >= 4 is 28.4 Å². The molecule has 1 heterocycles. The maximum atomic E-state index is 14.5. The van der Waals surface area contributed by atoms with E-state index >= 15 is 0 Å². The van der Waals surface area contributed by atoms with Gasteiger partial charge in [-0.15, -0.1) is 0 Å². The van der Waals surface area contributed by atoms with Crippen LogP contribution in [0.25, 0.3) is 16.6 Å². The monoisotopic (exact) mass is 505 g/mol. The SMILES string of the molecule is O=C(Cc1ccc(-n2c(=O)c3ccccc3n(Cc3c(F)cccc3Cl)c2=O)cc1)NC1CCCC1. The first-order valence-corrected chi connectivity index (χ1v) is 12.4. The van der Waals surface area contributed by atoms with Crippen LogP contribution in [-0.4, -0.2) is 21.1 Å². The average Bonchev–Trinajstić information content (AvgIpc) is 3.37. The van der Waals surface area contributed by atoms with Gasteiger partial charge in [-0.25, -0.2) is 13.8 Å². The predicted octanol–water partition coefficient (Wildman–Crippen LogP) is 4.59. The van der Waals surface area contributed by atoms with Crippen molar-refractivity contribution in [2.45, 2.75) is 44.7 Å². The van der Waals surface area contributed by atoms with E-state index in [1.54, 1.807) is 54.6 Å². The van der Waals surface area contributed by atoms with Crippen LogP contribution < -0.4 is 16.6 Å². The van der Waals surface area contributed by atoms with Crippen molar-refractivity contribution in [1.29, 1.82) is 0 Å². The highest BCUT2D eigenvalue weighted by molar-refractivity contribution is 6.31. The van der Waals surface area contributed by atoms with Crippen molar-refractivity contribution in [2.75, 3.05) is 0 Å². The number of carbonyl (C=O) groups excluding carboxylic acids is 1. The lowest BCUT2D eigenvalue weighted by molar-refractivity contribution is -0.121. The number of benzene rings is 3. The first-order valence-electron chi connectivity index (χ1n) is 12.0. The number of fused-ring (bicyclic) bond motifs is 1. The normalized spacial score (nSPS) is 13.8. The summed E-state index contributed by atoms with van der Waals surface area (Å²) in [6, 6.07) is 18.1. The number of hydrogen-bond donors (Lipinski definition) is 1. The number of rotatable bonds is 6. The third-order valence-corrected chi connectivity index (χ3v) is 7.06. The maximum Gasteiger partial charge on any atom is 0.336 e. The van der Waals surface area contributed by atoms with Gasteiger partial charge in [-0.05, 0) is 54.8 Å². The molecule has 8 heteroatoms. The Morgan fingerprint density at radius 3 is 2.42 bits per heavy atom. The molecule has 4 aromatic rings. The summed E-state index contributed by atoms with van der Waals surface area (Å²) in [7, 11) is 0. The Morgan fingerprint density at radius 1 is 0.972 bits per heavy atom. The van der Waals surface area contributed by atoms with E-state index < -0.39 is 17.1 Å². The summed E-state index contributed by atoms with van der Waals surface area (Å²) >= 11 is 6.23. The summed E-state index contributed by atoms with van der Waals surface area (Å²) in [6.45, 7) is -0.134. The van der Waals surface area contributed by atoms with Gasteiger partial charge in [-0.1, -0.05) is 54.8 Å². The van der Waals surface area contributed by atoms with Crippen molar-refractivity contribution in [1.82, 2.24) is 14.5 Å². The number of halogens is 2. The summed E-state index contributed by atoms with van der Waals surface area (Å²) in [5, 5.41) is 3.58. The van der Waals surface area contributed by atoms with Crippen LogP contribution in [0, 0.1) is 5.82 Å². The van der Waals surface area contributed by atoms with Crippen LogP contribution in [0.1, 0.15) is 36.8 Å². The minimum atomic E-state index is -0.607. The van der Waals surface area contributed by atoms with Crippen molar-refractivity contribution < 1.29 is 9.18 Å². The van der Waals surface area contributed by atoms with E-state index in [0.717, 1.165) is 35.8 Å². The summed E-state index contributed by atoms with van der Waals surface area (Å²) in [4.78, 5) is 39.3. The highest BCUT2D eigenvalue weighted by atomic mass is 35.5. The van der Waals surface area contributed by atoms with Crippen molar-refractivity contribution in [3.8, 4) is 5.69 Å². The molecule has 0 aliphatic heterocycles. The molecular formula is C28H25ClFN3O3. The second-order valence-electron chi connectivity index (χ2n) is 9.12. The highest BCUT2D eigenvalue weighted by Gasteiger charge is 2.19. The quantitative estimate of drug-likeness (QED) is 0.416. The minimum absolute atomic E-state index is 0.0401. The van der Waals surface area contributed by atoms with Gasteiger partial charge in [0.15, 0.2) is 0 Å². The molecule has 0 spiro atoms. The predicted molar refractivity (Wildman–Crippen MR) is 138 cm³/mol. The Labute approximate surface area is 212 Å². The van der Waals surface area contributed by atoms with Crippen LogP contribution in [0.3, 0.4) is 0 Å². The van der Waals surface area contributed by atoms with Crippen LogP contribution >= 0.6 is 11.6 Å². The minimum Gasteiger partial charge on any atom is -0.353 e. The van der Waals surface area contributed by atoms with Crippen LogP contribution in [0.15, 0.2) is 76.3 Å². The molecule has 0 unspecified atom stereocenters. The van der Waals surface area contributed by atoms with E-state index in [0.29, 0.717) is 16.6 Å². The fourth-order valence-electron chi connectivity index (χ4n) is 4.84. The molecule has 1 fully saturated rings. The smallest absolute Gasteiger partial charge is 0.336 e. The average molecular weight is 506 g/mol. The number of nitrogens with one attached hydrogen (secondary N) is 1. The Kier molecular flexibility index (Phi) is 6.74. The number of aromatic nitrogens is 2. The third-order valence-electron chi connectivity index (χ3n) is 6.71. The van der Waals surface area contributed by atoms with Crippen LogP contribution in [0.4, 0.5) is 4.39 Å². The number of nitrogens with zero attached hydrogens (tertiary/aromatic N) is 2. The van der Waals surface area contributed by atoms with Crippen LogP contribution in [0.2, 0.25) is 5.02 Å². The first-order chi connectivity index (χ1) is 17.4. The lowest BCUT2D eigenvalue weighted by Crippen LogP contribution is -2.39. The fourth-order valence-corrected chi connectivity index (χ4v) is 5.06. The molecule has 1 aliphatic rings. The third kappa shape index (κ3) is 4.71. The van der Waals surface area contributed by atoms with Gasteiger partial charge in [0.05, 0.1) is 29.6 Å². The summed E-state index contributed by atoms with van der Waals surface area (Å²) in [5.74, 6) is -0.571. The molecule has 1 aromatic heterocycles. The van der Waals surface area contributed by atoms with Gasteiger partial charge in [0.25, 0.3) is 5.56 Å². The van der Waals surface area contributed by atoms with Gasteiger partial charge >= 0.3 is 5.69 Å². The highest BCUT2D eigenvalue weighted by Crippen LogP contribution is 2.21. The first kappa shape index (κ1) is 24.0. The molecule has 1 saturated carbocycles. The molecular weight excluding hydrogens is 481 g/mol. The Bertz CT molecular complexity index is 1530. The van der Waals surface area contributed by atoms with Crippen LogP contribution in [-0.2, 0) is 17.8 Å². The number of hydrogen-bond acceptors (Lipinski definition) is 3. The van der Waals surface area contributed by atoms with Gasteiger partial charge < -0.3 is 5.32 Å². The molecule has 0 radical (unpaired) electrons. The zero-order chi connectivity index (χ0) is 25.2. The summed E-state index contributed by atoms with van der Waals surface area (Å²) in [5.41, 5.74) is 0.622. The number of para-hydroxylation sites is 1. The van der Waals surface area contributed by atoms with Gasteiger partial charge in [-0.2, -0.15) is 0 Å². The lowest BCUT2D eigenvalue weighted by Gasteiger charge is -2.16. The zero-order valence-electron chi connectivity index (χ0n) is 19.5. The van der Waals surface area contributed by atoms with Gasteiger partial charge in [0.2, 0.25) is 5.91 Å². The molecule has 0 saturated heterocycles. The van der Waals surface area contributed by atoms with Gasteiger partial charge in [0, 0.05) is 16.6 Å². The van der Waals surface area contributed by atoms with E-state index in [-0.39, 0.29) is 35.5 Å². The van der Waals surface area contributed by atoms with E-state index in [1.165, 1.54) is 16.7 Å². The molecule has 1 N–H and O–H groups in total. The standard InChI is InChI=1S/C28H25ClFN3O3/c29-23-9-5-10-24(30)22(23)17-32-25-11-4-3-8-21(25)27(35)33(28(32)36)20-14-12-18(13-15-20)16-26(34)31-19-6-1-2-7-19/h3-5,8-15,19H,1-2,6-7,16-17H2,(H,31,34). The maximum absolute atomic E-state index is 14.5. The molecule has 3 aromatic carbocycles. The van der Waals surface area contributed by atoms with E-state index in [2.05, 4.69) is 5.32 Å². The second-order valence-corrected chi connectivity index (χ2v) is 9.53. The van der Waals surface area contributed by atoms with E-state index in [1.807, 2.05) is 0 Å². The van der Waals surface area contributed by atoms with Crippen molar-refractivity contribution in [2.24, 2.45) is 0 Å². The largest absolute Gasteiger partial charge is 0.353 e. The van der Waals surface area contributed by atoms with Gasteiger partial charge in [-0.3, -0.25) is 14.2 Å². The molecule has 0 bridgehead atoms. The topological polar surface area (TPSA) is 73.1 Å². The molecule has 184 valence electrons. The summed E-state index contributed by atoms with van der Waals surface area (Å²) in [6.07, 6.45) is 4.53. The Hall–Kier alpha value is -3.71. The van der Waals surface area contributed by atoms with E-state index in [4.69, 9.17) is 11.6 Å². The Morgan fingerprint density at radius 2 is 1.69 bits per heavy atom. The van der Waals surface area contributed by atoms with Crippen molar-refractivity contribution in [3.05, 3.63) is 110 Å². The molecule has 0 atom stereocenters. The van der Waals surface area contributed by atoms with E-state index in [9.17, 15) is 18.8 Å². The summed E-state index contributed by atoms with van der Waals surface area (Å²) < 4.78 is 17.0. The van der Waals surface area contributed by atoms with Crippen LogP contribution in [0.5, 0.6) is 0 Å². The second kappa shape index (κ2) is 10.1. The lowest BCUT2D eigenvalue weighted by atomic mass is 10.1. The van der Waals surface area contributed by atoms with Gasteiger partial charge in [0.1, 0.15) is 5.82 Å². The Balaban J connectivity index is 1.52. The molecule has 6 nitrogen and oxygen atoms in total.